The molecule has 0 saturated heterocycles. The van der Waals surface area contributed by atoms with E-state index in [0.29, 0.717) is 0 Å². The van der Waals surface area contributed by atoms with Crippen molar-refractivity contribution in [2.24, 2.45) is 0 Å². The zero-order valence-corrected chi connectivity index (χ0v) is 12.8. The molecule has 0 atom stereocenters. The Hall–Kier alpha value is -0.320. The fraction of sp³-hybridized carbons (Fsp3) is 0. The molecule has 0 aliphatic rings. The fourth-order valence-electron chi connectivity index (χ4n) is 1.21. The smallest absolute Gasteiger partial charge is 0.156 e. The predicted octanol–water partition coefficient (Wildman–Crippen LogP) is 5.77. The van der Waals surface area contributed by atoms with Gasteiger partial charge in [0.25, 0.3) is 0 Å². The Morgan fingerprint density at radius 1 is 0.750 bits per heavy atom. The van der Waals surface area contributed by atoms with Crippen molar-refractivity contribution in [3.05, 3.63) is 55.9 Å². The molecule has 2 rings (SSSR count). The van der Waals surface area contributed by atoms with E-state index in [-0.39, 0.29) is 0 Å². The van der Waals surface area contributed by atoms with Crippen LogP contribution in [-0.4, -0.2) is 0 Å². The number of hydrogen-bond acceptors (Lipinski definition) is 1. The molecule has 0 heterocycles. The first-order valence-electron chi connectivity index (χ1n) is 4.55. The zero-order chi connectivity index (χ0) is 11.5. The molecule has 0 aromatic heterocycles. The molecule has 0 aliphatic heterocycles. The lowest BCUT2D eigenvalue weighted by Crippen LogP contribution is -1.87. The molecule has 0 saturated carbocycles. The van der Waals surface area contributed by atoms with Crippen LogP contribution in [0.25, 0.3) is 0 Å². The van der Waals surface area contributed by atoms with Gasteiger partial charge in [0.2, 0.25) is 0 Å². The summed E-state index contributed by atoms with van der Waals surface area (Å²) in [5.41, 5.74) is 0. The van der Waals surface area contributed by atoms with E-state index in [1.54, 1.807) is 0 Å². The molecule has 82 valence electrons. The Bertz CT molecular complexity index is 497. The molecule has 4 heteroatoms. The summed E-state index contributed by atoms with van der Waals surface area (Å²) in [6.07, 6.45) is 0. The van der Waals surface area contributed by atoms with Crippen molar-refractivity contribution in [1.82, 2.24) is 0 Å². The van der Waals surface area contributed by atoms with Gasteiger partial charge < -0.3 is 4.74 Å². The van der Waals surface area contributed by atoms with E-state index in [1.807, 2.05) is 42.5 Å². The van der Waals surface area contributed by atoms with Gasteiger partial charge in [-0.1, -0.05) is 18.2 Å². The highest BCUT2D eigenvalue weighted by atomic mass is 79.9. The van der Waals surface area contributed by atoms with Gasteiger partial charge in [-0.25, -0.2) is 0 Å². The molecule has 1 nitrogen and oxygen atoms in total. The highest BCUT2D eigenvalue weighted by Gasteiger charge is 2.10. The van der Waals surface area contributed by atoms with Gasteiger partial charge in [0.1, 0.15) is 5.75 Å². The maximum atomic E-state index is 5.80. The third-order valence-electron chi connectivity index (χ3n) is 1.97. The van der Waals surface area contributed by atoms with Gasteiger partial charge in [-0.3, -0.25) is 0 Å². The Kier molecular flexibility index (Phi) is 4.05. The van der Waals surface area contributed by atoms with Crippen LogP contribution in [0.5, 0.6) is 11.5 Å². The molecule has 16 heavy (non-hydrogen) atoms. The van der Waals surface area contributed by atoms with Gasteiger partial charge in [-0.15, -0.1) is 0 Å². The average molecular weight is 407 g/mol. The molecule has 0 aliphatic carbocycles. The van der Waals surface area contributed by atoms with Crippen molar-refractivity contribution in [2.45, 2.75) is 0 Å². The molecule has 0 spiro atoms. The lowest BCUT2D eigenvalue weighted by molar-refractivity contribution is 0.476. The average Bonchev–Trinajstić information content (AvgIpc) is 2.31. The van der Waals surface area contributed by atoms with Gasteiger partial charge in [0, 0.05) is 4.47 Å². The molecule has 2 aromatic rings. The van der Waals surface area contributed by atoms with Crippen LogP contribution >= 0.6 is 47.8 Å². The SMILES string of the molecule is Brc1ccc(Br)c(Oc2ccccc2)c1Br. The third-order valence-corrected chi connectivity index (χ3v) is 4.57. The molecule has 0 bridgehead atoms. The summed E-state index contributed by atoms with van der Waals surface area (Å²) >= 11 is 10.4. The van der Waals surface area contributed by atoms with E-state index >= 15 is 0 Å². The summed E-state index contributed by atoms with van der Waals surface area (Å²) in [5.74, 6) is 1.57. The van der Waals surface area contributed by atoms with Gasteiger partial charge in [-0.05, 0) is 72.1 Å². The highest BCUT2D eigenvalue weighted by molar-refractivity contribution is 9.13. The lowest BCUT2D eigenvalue weighted by Gasteiger charge is -2.10. The molecular formula is C12H7Br3O. The number of para-hydroxylation sites is 1. The minimum absolute atomic E-state index is 0.764. The van der Waals surface area contributed by atoms with Gasteiger partial charge >= 0.3 is 0 Å². The first-order chi connectivity index (χ1) is 7.68. The van der Waals surface area contributed by atoms with Crippen LogP contribution in [-0.2, 0) is 0 Å². The molecule has 0 radical (unpaired) electrons. The Labute approximate surface area is 119 Å². The van der Waals surface area contributed by atoms with Crippen molar-refractivity contribution < 1.29 is 4.74 Å². The van der Waals surface area contributed by atoms with Crippen LogP contribution < -0.4 is 4.74 Å². The van der Waals surface area contributed by atoms with E-state index in [9.17, 15) is 0 Å². The van der Waals surface area contributed by atoms with E-state index < -0.39 is 0 Å². The van der Waals surface area contributed by atoms with Gasteiger partial charge in [0.05, 0.1) is 8.95 Å². The second-order valence-electron chi connectivity index (χ2n) is 3.09. The summed E-state index contributed by atoms with van der Waals surface area (Å²) in [4.78, 5) is 0. The molecule has 0 fully saturated rings. The second kappa shape index (κ2) is 5.34. The van der Waals surface area contributed by atoms with Crippen LogP contribution in [0.2, 0.25) is 0 Å². The number of rotatable bonds is 2. The standard InChI is InChI=1S/C12H7Br3O/c13-9-6-7-10(14)12(11(9)15)16-8-4-2-1-3-5-8/h1-7H. The zero-order valence-electron chi connectivity index (χ0n) is 8.08. The van der Waals surface area contributed by atoms with Crippen LogP contribution in [0.3, 0.4) is 0 Å². The van der Waals surface area contributed by atoms with E-state index in [0.717, 1.165) is 24.9 Å². The van der Waals surface area contributed by atoms with Crippen molar-refractivity contribution in [3.63, 3.8) is 0 Å². The number of hydrogen-bond donors (Lipinski definition) is 0. The third kappa shape index (κ3) is 2.67. The van der Waals surface area contributed by atoms with Gasteiger partial charge in [-0.2, -0.15) is 0 Å². The minimum atomic E-state index is 0.764. The highest BCUT2D eigenvalue weighted by Crippen LogP contribution is 2.40. The molecule has 0 amide bonds. The Morgan fingerprint density at radius 3 is 2.06 bits per heavy atom. The normalized spacial score (nSPS) is 10.2. The largest absolute Gasteiger partial charge is 0.455 e. The van der Waals surface area contributed by atoms with Crippen molar-refractivity contribution in [3.8, 4) is 11.5 Å². The minimum Gasteiger partial charge on any atom is -0.455 e. The maximum absolute atomic E-state index is 5.80. The van der Waals surface area contributed by atoms with E-state index in [2.05, 4.69) is 47.8 Å². The second-order valence-corrected chi connectivity index (χ2v) is 5.59. The fourth-order valence-corrected chi connectivity index (χ4v) is 2.62. The predicted molar refractivity (Wildman–Crippen MR) is 76.1 cm³/mol. The molecular weight excluding hydrogens is 400 g/mol. The maximum Gasteiger partial charge on any atom is 0.156 e. The van der Waals surface area contributed by atoms with Crippen molar-refractivity contribution in [1.29, 1.82) is 0 Å². The van der Waals surface area contributed by atoms with Crippen LogP contribution in [0.4, 0.5) is 0 Å². The van der Waals surface area contributed by atoms with Gasteiger partial charge in [0.15, 0.2) is 5.75 Å². The summed E-state index contributed by atoms with van der Waals surface area (Å²) in [6, 6.07) is 13.6. The van der Waals surface area contributed by atoms with Crippen LogP contribution in [0.15, 0.2) is 55.9 Å². The quantitative estimate of drug-likeness (QED) is 0.575. The summed E-state index contributed by atoms with van der Waals surface area (Å²) in [6.45, 7) is 0. The monoisotopic (exact) mass is 404 g/mol. The summed E-state index contributed by atoms with van der Waals surface area (Å²) in [5, 5.41) is 0. The van der Waals surface area contributed by atoms with Crippen molar-refractivity contribution >= 4 is 47.8 Å². The first kappa shape index (κ1) is 12.1. The summed E-state index contributed by atoms with van der Waals surface area (Å²) < 4.78 is 8.56. The first-order valence-corrected chi connectivity index (χ1v) is 6.93. The number of halogens is 3. The number of ether oxygens (including phenoxy) is 1. The number of benzene rings is 2. The van der Waals surface area contributed by atoms with E-state index in [4.69, 9.17) is 4.74 Å². The lowest BCUT2D eigenvalue weighted by atomic mass is 10.3. The van der Waals surface area contributed by atoms with Crippen LogP contribution in [0.1, 0.15) is 0 Å². The van der Waals surface area contributed by atoms with Crippen molar-refractivity contribution in [2.75, 3.05) is 0 Å². The molecule has 2 aromatic carbocycles. The van der Waals surface area contributed by atoms with Crippen LogP contribution in [0, 0.1) is 0 Å². The van der Waals surface area contributed by atoms with E-state index in [1.165, 1.54) is 0 Å². The Morgan fingerprint density at radius 2 is 1.38 bits per heavy atom. The summed E-state index contributed by atoms with van der Waals surface area (Å²) in [7, 11) is 0. The molecule has 0 N–H and O–H groups in total. The molecule has 0 unspecified atom stereocenters. The Balaban J connectivity index is 2.38. The topological polar surface area (TPSA) is 9.23 Å².